The molecule has 2 N–H and O–H groups in total. The van der Waals surface area contributed by atoms with Gasteiger partial charge in [-0.1, -0.05) is 30.3 Å². The summed E-state index contributed by atoms with van der Waals surface area (Å²) in [7, 11) is 0. The molecule has 0 radical (unpaired) electrons. The third-order valence-electron chi connectivity index (χ3n) is 4.66. The summed E-state index contributed by atoms with van der Waals surface area (Å²) in [5, 5.41) is 6.33. The zero-order valence-corrected chi connectivity index (χ0v) is 14.7. The highest BCUT2D eigenvalue weighted by molar-refractivity contribution is 7.99. The largest absolute Gasteiger partial charge is 0.356 e. The molecule has 130 valence electrons. The molecule has 0 aromatic heterocycles. The number of carbonyl (C=O) groups is 2. The molecule has 2 saturated heterocycles. The molecule has 1 aromatic carbocycles. The number of nitrogens with zero attached hydrogens (tertiary/aromatic N) is 1. The van der Waals surface area contributed by atoms with Crippen LogP contribution in [0.5, 0.6) is 0 Å². The molecule has 2 atom stereocenters. The lowest BCUT2D eigenvalue weighted by atomic mass is 10.0. The molecule has 2 fully saturated rings. The third-order valence-corrected chi connectivity index (χ3v) is 5.62. The van der Waals surface area contributed by atoms with E-state index >= 15 is 0 Å². The van der Waals surface area contributed by atoms with Gasteiger partial charge in [-0.3, -0.25) is 9.59 Å². The predicted molar refractivity (Wildman–Crippen MR) is 96.7 cm³/mol. The Kier molecular flexibility index (Phi) is 6.15. The number of nitrogens with one attached hydrogen (secondary N) is 2. The first kappa shape index (κ1) is 17.3. The highest BCUT2D eigenvalue weighted by Gasteiger charge is 2.33. The Morgan fingerprint density at radius 3 is 2.88 bits per heavy atom. The summed E-state index contributed by atoms with van der Waals surface area (Å²) in [5.41, 5.74) is 1.18. The molecule has 2 aliphatic heterocycles. The van der Waals surface area contributed by atoms with E-state index in [0.29, 0.717) is 18.9 Å². The summed E-state index contributed by atoms with van der Waals surface area (Å²) in [6.07, 6.45) is 2.10. The number of benzene rings is 1. The first-order valence-corrected chi connectivity index (χ1v) is 9.78. The second kappa shape index (κ2) is 8.53. The monoisotopic (exact) mass is 347 g/mol. The van der Waals surface area contributed by atoms with Gasteiger partial charge in [0.05, 0.1) is 11.9 Å². The Balaban J connectivity index is 1.35. The van der Waals surface area contributed by atoms with E-state index in [9.17, 15) is 9.59 Å². The Bertz CT molecular complexity index is 561. The van der Waals surface area contributed by atoms with Gasteiger partial charge in [0.25, 0.3) is 0 Å². The lowest BCUT2D eigenvalue weighted by molar-refractivity contribution is -0.131. The molecule has 0 bridgehead atoms. The number of hydrogen-bond acceptors (Lipinski definition) is 4. The van der Waals surface area contributed by atoms with Crippen LogP contribution in [-0.4, -0.2) is 54.0 Å². The molecule has 2 aliphatic rings. The summed E-state index contributed by atoms with van der Waals surface area (Å²) >= 11 is 1.81. The molecule has 1 aromatic rings. The normalized spacial score (nSPS) is 23.4. The standard InChI is InChI=1S/C18H25N3O2S/c22-17(7-6-14-4-2-1-3-5-14)20-12-15-10-16(19-11-15)18(23)21-8-9-24-13-21/h1-5,15-16,19H,6-13H2,(H,20,22)/t15?,16-/m0/s1. The second-order valence-electron chi connectivity index (χ2n) is 6.49. The van der Waals surface area contributed by atoms with Crippen molar-refractivity contribution in [3.8, 4) is 0 Å². The van der Waals surface area contributed by atoms with Crippen molar-refractivity contribution in [1.29, 1.82) is 0 Å². The van der Waals surface area contributed by atoms with Gasteiger partial charge in [-0.15, -0.1) is 11.8 Å². The number of carbonyl (C=O) groups excluding carboxylic acids is 2. The van der Waals surface area contributed by atoms with E-state index in [0.717, 1.165) is 37.6 Å². The minimum Gasteiger partial charge on any atom is -0.356 e. The minimum absolute atomic E-state index is 0.0741. The van der Waals surface area contributed by atoms with E-state index in [1.165, 1.54) is 5.56 Å². The maximum Gasteiger partial charge on any atom is 0.240 e. The number of thioether (sulfide) groups is 1. The van der Waals surface area contributed by atoms with Crippen LogP contribution in [0.3, 0.4) is 0 Å². The molecular weight excluding hydrogens is 322 g/mol. The van der Waals surface area contributed by atoms with Crippen LogP contribution in [0, 0.1) is 5.92 Å². The highest BCUT2D eigenvalue weighted by atomic mass is 32.2. The minimum atomic E-state index is -0.0741. The SMILES string of the molecule is O=C(CCc1ccccc1)NCC1CN[C@H](C(=O)N2CCSC2)C1. The Hall–Kier alpha value is -1.53. The fourth-order valence-electron chi connectivity index (χ4n) is 3.21. The summed E-state index contributed by atoms with van der Waals surface area (Å²) in [5.74, 6) is 2.51. The van der Waals surface area contributed by atoms with Crippen LogP contribution in [0.4, 0.5) is 0 Å². The molecule has 2 heterocycles. The zero-order valence-electron chi connectivity index (χ0n) is 13.9. The number of aryl methyl sites for hydroxylation is 1. The van der Waals surface area contributed by atoms with E-state index in [-0.39, 0.29) is 17.9 Å². The molecule has 5 nitrogen and oxygen atoms in total. The van der Waals surface area contributed by atoms with E-state index in [1.807, 2.05) is 47.0 Å². The van der Waals surface area contributed by atoms with Gasteiger partial charge in [0.2, 0.25) is 11.8 Å². The van der Waals surface area contributed by atoms with Crippen LogP contribution >= 0.6 is 11.8 Å². The van der Waals surface area contributed by atoms with Gasteiger partial charge in [-0.25, -0.2) is 0 Å². The first-order valence-electron chi connectivity index (χ1n) is 8.63. The van der Waals surface area contributed by atoms with Crippen molar-refractivity contribution in [2.45, 2.75) is 25.3 Å². The van der Waals surface area contributed by atoms with Gasteiger partial charge in [0.15, 0.2) is 0 Å². The van der Waals surface area contributed by atoms with Gasteiger partial charge in [0, 0.05) is 31.8 Å². The smallest absolute Gasteiger partial charge is 0.240 e. The summed E-state index contributed by atoms with van der Waals surface area (Å²) < 4.78 is 0. The van der Waals surface area contributed by atoms with Crippen molar-refractivity contribution < 1.29 is 9.59 Å². The van der Waals surface area contributed by atoms with Crippen LogP contribution < -0.4 is 10.6 Å². The van der Waals surface area contributed by atoms with Crippen molar-refractivity contribution in [3.05, 3.63) is 35.9 Å². The topological polar surface area (TPSA) is 61.4 Å². The summed E-state index contributed by atoms with van der Waals surface area (Å²) in [6, 6.07) is 9.98. The molecular formula is C18H25N3O2S. The van der Waals surface area contributed by atoms with E-state index in [2.05, 4.69) is 10.6 Å². The van der Waals surface area contributed by atoms with Crippen molar-refractivity contribution in [3.63, 3.8) is 0 Å². The van der Waals surface area contributed by atoms with Crippen LogP contribution in [0.2, 0.25) is 0 Å². The van der Waals surface area contributed by atoms with Crippen LogP contribution in [0.25, 0.3) is 0 Å². The molecule has 6 heteroatoms. The number of hydrogen-bond donors (Lipinski definition) is 2. The van der Waals surface area contributed by atoms with Crippen molar-refractivity contribution in [1.82, 2.24) is 15.5 Å². The maximum atomic E-state index is 12.4. The highest BCUT2D eigenvalue weighted by Crippen LogP contribution is 2.19. The second-order valence-corrected chi connectivity index (χ2v) is 7.57. The van der Waals surface area contributed by atoms with Gasteiger partial charge >= 0.3 is 0 Å². The van der Waals surface area contributed by atoms with Crippen LogP contribution in [0.1, 0.15) is 18.4 Å². The van der Waals surface area contributed by atoms with Crippen LogP contribution in [-0.2, 0) is 16.0 Å². The Morgan fingerprint density at radius 1 is 1.29 bits per heavy atom. The Morgan fingerprint density at radius 2 is 2.12 bits per heavy atom. The average molecular weight is 347 g/mol. The average Bonchev–Trinajstić information content (AvgIpc) is 3.30. The molecule has 2 amide bonds. The first-order chi connectivity index (χ1) is 11.7. The quantitative estimate of drug-likeness (QED) is 0.813. The third kappa shape index (κ3) is 4.74. The van der Waals surface area contributed by atoms with Gasteiger partial charge in [-0.2, -0.15) is 0 Å². The van der Waals surface area contributed by atoms with E-state index in [4.69, 9.17) is 0 Å². The molecule has 3 rings (SSSR count). The molecule has 0 aliphatic carbocycles. The van der Waals surface area contributed by atoms with Gasteiger partial charge in [0.1, 0.15) is 0 Å². The van der Waals surface area contributed by atoms with Crippen LogP contribution in [0.15, 0.2) is 30.3 Å². The maximum absolute atomic E-state index is 12.4. The Labute approximate surface area is 147 Å². The van der Waals surface area contributed by atoms with E-state index in [1.54, 1.807) is 0 Å². The van der Waals surface area contributed by atoms with Gasteiger partial charge in [-0.05, 0) is 24.3 Å². The predicted octanol–water partition coefficient (Wildman–Crippen LogP) is 1.25. The fraction of sp³-hybridized carbons (Fsp3) is 0.556. The molecule has 1 unspecified atom stereocenters. The number of rotatable bonds is 6. The lowest BCUT2D eigenvalue weighted by Crippen LogP contribution is -2.42. The summed E-state index contributed by atoms with van der Waals surface area (Å²) in [6.45, 7) is 2.32. The molecule has 0 spiro atoms. The lowest BCUT2D eigenvalue weighted by Gasteiger charge is -2.19. The number of amides is 2. The van der Waals surface area contributed by atoms with Crippen molar-refractivity contribution in [2.75, 3.05) is 31.3 Å². The van der Waals surface area contributed by atoms with Gasteiger partial charge < -0.3 is 15.5 Å². The van der Waals surface area contributed by atoms with Crippen molar-refractivity contribution in [2.24, 2.45) is 5.92 Å². The zero-order chi connectivity index (χ0) is 16.8. The summed E-state index contributed by atoms with van der Waals surface area (Å²) in [4.78, 5) is 26.3. The van der Waals surface area contributed by atoms with Crippen molar-refractivity contribution >= 4 is 23.6 Å². The molecule has 24 heavy (non-hydrogen) atoms. The van der Waals surface area contributed by atoms with E-state index < -0.39 is 0 Å². The fourth-order valence-corrected chi connectivity index (χ4v) is 4.17. The molecule has 0 saturated carbocycles.